The highest BCUT2D eigenvalue weighted by Crippen LogP contribution is 2.29. The molecule has 1 aromatic carbocycles. The molecular weight excluding hydrogens is 446 g/mol. The van der Waals surface area contributed by atoms with Crippen LogP contribution in [0.3, 0.4) is 0 Å². The number of carbonyl (C=O) groups excluding carboxylic acids is 1. The van der Waals surface area contributed by atoms with Gasteiger partial charge in [-0.25, -0.2) is 19.0 Å². The molecule has 1 aliphatic rings. The molecule has 13 heteroatoms. The van der Waals surface area contributed by atoms with E-state index in [1.807, 2.05) is 4.90 Å². The largest absolute Gasteiger partial charge is 0.468 e. The minimum Gasteiger partial charge on any atom is -0.468 e. The van der Waals surface area contributed by atoms with E-state index in [4.69, 9.17) is 4.74 Å². The molecule has 0 spiro atoms. The number of amides is 1. The predicted octanol–water partition coefficient (Wildman–Crippen LogP) is 2.47. The summed E-state index contributed by atoms with van der Waals surface area (Å²) in [6.45, 7) is 1.33. The molecule has 1 atom stereocenters. The van der Waals surface area contributed by atoms with Crippen molar-refractivity contribution < 1.29 is 27.1 Å². The maximum atomic E-state index is 13.3. The Hall–Kier alpha value is -3.77. The van der Waals surface area contributed by atoms with Gasteiger partial charge in [0.05, 0.1) is 17.4 Å². The lowest BCUT2D eigenvalue weighted by molar-refractivity contribution is -0.154. The van der Waals surface area contributed by atoms with Crippen LogP contribution in [0.2, 0.25) is 0 Å². The van der Waals surface area contributed by atoms with Crippen LogP contribution in [0.1, 0.15) is 17.4 Å². The standard InChI is InChI=1S/C20H19F4N7O2/c1-13-19(27-28-31(13)15-4-2-14(21)3-5-15)16-9-29(6-7-30(16)12-32)17-8-18(26-11-25-17)33-10-20(22,23)24/h2-5,8,11-12,16H,6-7,9-10H2,1H3. The van der Waals surface area contributed by atoms with E-state index in [2.05, 4.69) is 20.3 Å². The van der Waals surface area contributed by atoms with Crippen LogP contribution in [0, 0.1) is 12.7 Å². The fourth-order valence-electron chi connectivity index (χ4n) is 3.59. The van der Waals surface area contributed by atoms with Gasteiger partial charge in [-0.15, -0.1) is 5.10 Å². The van der Waals surface area contributed by atoms with Gasteiger partial charge in [-0.2, -0.15) is 13.2 Å². The Kier molecular flexibility index (Phi) is 6.11. The van der Waals surface area contributed by atoms with Crippen LogP contribution in [0.5, 0.6) is 5.88 Å². The zero-order valence-electron chi connectivity index (χ0n) is 17.4. The van der Waals surface area contributed by atoms with E-state index >= 15 is 0 Å². The first-order valence-electron chi connectivity index (χ1n) is 9.91. The van der Waals surface area contributed by atoms with Gasteiger partial charge in [0.15, 0.2) is 6.61 Å². The zero-order chi connectivity index (χ0) is 23.6. The highest BCUT2D eigenvalue weighted by atomic mass is 19.4. The number of piperazine rings is 1. The second kappa shape index (κ2) is 9.00. The summed E-state index contributed by atoms with van der Waals surface area (Å²) in [6.07, 6.45) is -2.64. The molecule has 0 saturated carbocycles. The molecule has 33 heavy (non-hydrogen) atoms. The van der Waals surface area contributed by atoms with Crippen LogP contribution in [-0.4, -0.2) is 68.7 Å². The van der Waals surface area contributed by atoms with Crippen LogP contribution in [0.15, 0.2) is 36.7 Å². The third-order valence-electron chi connectivity index (χ3n) is 5.21. The van der Waals surface area contributed by atoms with Gasteiger partial charge in [0, 0.05) is 25.7 Å². The van der Waals surface area contributed by atoms with Gasteiger partial charge in [-0.3, -0.25) is 4.79 Å². The molecule has 174 valence electrons. The predicted molar refractivity (Wildman–Crippen MR) is 107 cm³/mol. The number of halogens is 4. The number of rotatable bonds is 6. The molecule has 3 heterocycles. The van der Waals surface area contributed by atoms with Crippen LogP contribution in [0.25, 0.3) is 5.69 Å². The van der Waals surface area contributed by atoms with Gasteiger partial charge in [-0.05, 0) is 31.2 Å². The smallest absolute Gasteiger partial charge is 0.422 e. The fourth-order valence-corrected chi connectivity index (χ4v) is 3.59. The van der Waals surface area contributed by atoms with Gasteiger partial charge in [-0.1, -0.05) is 5.21 Å². The molecule has 1 aliphatic heterocycles. The van der Waals surface area contributed by atoms with E-state index in [9.17, 15) is 22.4 Å². The first-order chi connectivity index (χ1) is 15.7. The number of hydrogen-bond acceptors (Lipinski definition) is 7. The molecule has 3 aromatic rings. The number of carbonyl (C=O) groups is 1. The minimum absolute atomic E-state index is 0.204. The van der Waals surface area contributed by atoms with Crippen LogP contribution in [-0.2, 0) is 4.79 Å². The fraction of sp³-hybridized carbons (Fsp3) is 0.350. The van der Waals surface area contributed by atoms with E-state index in [0.717, 1.165) is 12.7 Å². The molecular formula is C20H19F4N7O2. The van der Waals surface area contributed by atoms with Crippen LogP contribution >= 0.6 is 0 Å². The second-order valence-corrected chi connectivity index (χ2v) is 7.37. The summed E-state index contributed by atoms with van der Waals surface area (Å²) >= 11 is 0. The van der Waals surface area contributed by atoms with E-state index in [1.165, 1.54) is 18.2 Å². The second-order valence-electron chi connectivity index (χ2n) is 7.37. The third kappa shape index (κ3) is 5.02. The number of ether oxygens (including phenoxy) is 1. The van der Waals surface area contributed by atoms with Crippen molar-refractivity contribution in [1.82, 2.24) is 29.9 Å². The Labute approximate surface area is 185 Å². The van der Waals surface area contributed by atoms with Gasteiger partial charge in [0.1, 0.15) is 23.7 Å². The number of benzene rings is 1. The van der Waals surface area contributed by atoms with Crippen molar-refractivity contribution in [2.75, 3.05) is 31.1 Å². The van der Waals surface area contributed by atoms with E-state index in [-0.39, 0.29) is 18.2 Å². The number of alkyl halides is 3. The van der Waals surface area contributed by atoms with Gasteiger partial charge >= 0.3 is 6.18 Å². The lowest BCUT2D eigenvalue weighted by Gasteiger charge is -2.39. The molecule has 4 rings (SSSR count). The van der Waals surface area contributed by atoms with E-state index in [0.29, 0.717) is 36.0 Å². The van der Waals surface area contributed by atoms with Crippen LogP contribution in [0.4, 0.5) is 23.4 Å². The number of nitrogens with zero attached hydrogens (tertiary/aromatic N) is 7. The summed E-state index contributed by atoms with van der Waals surface area (Å²) in [7, 11) is 0. The molecule has 0 bridgehead atoms. The van der Waals surface area contributed by atoms with Gasteiger partial charge in [0.25, 0.3) is 0 Å². The van der Waals surface area contributed by atoms with E-state index in [1.54, 1.807) is 28.6 Å². The van der Waals surface area contributed by atoms with E-state index < -0.39 is 18.8 Å². The highest BCUT2D eigenvalue weighted by molar-refractivity contribution is 5.52. The molecule has 1 unspecified atom stereocenters. The summed E-state index contributed by atoms with van der Waals surface area (Å²) in [6, 6.07) is 6.58. The molecule has 1 amide bonds. The van der Waals surface area contributed by atoms with Crippen molar-refractivity contribution in [2.24, 2.45) is 0 Å². The van der Waals surface area contributed by atoms with Crippen molar-refractivity contribution in [3.63, 3.8) is 0 Å². The molecule has 0 radical (unpaired) electrons. The summed E-state index contributed by atoms with van der Waals surface area (Å²) in [5, 5.41) is 8.40. The Balaban J connectivity index is 1.57. The molecule has 1 fully saturated rings. The average molecular weight is 465 g/mol. The monoisotopic (exact) mass is 465 g/mol. The van der Waals surface area contributed by atoms with Crippen LogP contribution < -0.4 is 9.64 Å². The summed E-state index contributed by atoms with van der Waals surface area (Å²) in [5.74, 6) is -0.221. The Morgan fingerprint density at radius 3 is 2.64 bits per heavy atom. The number of hydrogen-bond donors (Lipinski definition) is 0. The Morgan fingerprint density at radius 2 is 1.94 bits per heavy atom. The van der Waals surface area contributed by atoms with Crippen molar-refractivity contribution in [3.05, 3.63) is 53.9 Å². The number of anilines is 1. The summed E-state index contributed by atoms with van der Waals surface area (Å²) in [4.78, 5) is 23.0. The lowest BCUT2D eigenvalue weighted by atomic mass is 10.1. The maximum Gasteiger partial charge on any atom is 0.422 e. The molecule has 2 aromatic heterocycles. The van der Waals surface area contributed by atoms with Gasteiger partial charge < -0.3 is 14.5 Å². The summed E-state index contributed by atoms with van der Waals surface area (Å²) in [5.41, 5.74) is 1.82. The summed E-state index contributed by atoms with van der Waals surface area (Å²) < 4.78 is 56.9. The highest BCUT2D eigenvalue weighted by Gasteiger charge is 2.33. The number of aromatic nitrogens is 5. The Bertz CT molecular complexity index is 1120. The third-order valence-corrected chi connectivity index (χ3v) is 5.21. The molecule has 0 aliphatic carbocycles. The average Bonchev–Trinajstić information content (AvgIpc) is 3.18. The SMILES string of the molecule is Cc1c(C2CN(c3cc(OCC(F)(F)F)ncn3)CCN2C=O)nnn1-c1ccc(F)cc1. The lowest BCUT2D eigenvalue weighted by Crippen LogP contribution is -2.48. The van der Waals surface area contributed by atoms with Crippen molar-refractivity contribution in [1.29, 1.82) is 0 Å². The van der Waals surface area contributed by atoms with Crippen molar-refractivity contribution in [2.45, 2.75) is 19.1 Å². The first-order valence-corrected chi connectivity index (χ1v) is 9.91. The Morgan fingerprint density at radius 1 is 1.18 bits per heavy atom. The minimum atomic E-state index is -4.49. The van der Waals surface area contributed by atoms with Crippen molar-refractivity contribution in [3.8, 4) is 11.6 Å². The zero-order valence-corrected chi connectivity index (χ0v) is 17.4. The van der Waals surface area contributed by atoms with Gasteiger partial charge in [0.2, 0.25) is 12.3 Å². The van der Waals surface area contributed by atoms with Crippen molar-refractivity contribution >= 4 is 12.2 Å². The maximum absolute atomic E-state index is 13.3. The quantitative estimate of drug-likeness (QED) is 0.408. The molecule has 0 N–H and O–H groups in total. The first kappa shape index (κ1) is 22.4. The normalized spacial score (nSPS) is 16.7. The topological polar surface area (TPSA) is 89.3 Å². The molecule has 9 nitrogen and oxygen atoms in total. The molecule has 1 saturated heterocycles.